The van der Waals surface area contributed by atoms with E-state index in [-0.39, 0.29) is 23.2 Å². The van der Waals surface area contributed by atoms with Gasteiger partial charge in [-0.05, 0) is 40.5 Å². The van der Waals surface area contributed by atoms with Crippen LogP contribution in [0, 0.1) is 5.92 Å². The third-order valence-electron chi connectivity index (χ3n) is 5.54. The van der Waals surface area contributed by atoms with E-state index in [1.54, 1.807) is 0 Å². The van der Waals surface area contributed by atoms with Crippen LogP contribution in [0.15, 0.2) is 20.3 Å². The number of nitrogens with one attached hydrogen (secondary N) is 1. The lowest BCUT2D eigenvalue weighted by molar-refractivity contribution is -0.0372. The van der Waals surface area contributed by atoms with Gasteiger partial charge in [0.05, 0.1) is 16.7 Å². The van der Waals surface area contributed by atoms with Crippen molar-refractivity contribution in [1.82, 2.24) is 9.55 Å². The molecule has 1 N–H and O–H groups in total. The number of rotatable bonds is 4. The largest absolute Gasteiger partial charge is 0.409 e. The average molecular weight is 433 g/mol. The lowest BCUT2D eigenvalue weighted by Gasteiger charge is -2.40. The standard InChI is InChI=1S/C17H29BrN2O4Si/c1-8-12-10(2)13(24-25(6,7)17(3,4)5)15(23-12)20-9-11(18)14(21)19-16(20)22/h9-10,12-13,15H,8H2,1-7H3,(H,19,21,22)/t10?,12-,13+,15-/m1/s1. The fraction of sp³-hybridized carbons (Fsp3) is 0.765. The highest BCUT2D eigenvalue weighted by Crippen LogP contribution is 2.43. The molecule has 1 unspecified atom stereocenters. The first-order valence-corrected chi connectivity index (χ1v) is 12.4. The number of H-pyrrole nitrogens is 1. The van der Waals surface area contributed by atoms with Crippen molar-refractivity contribution in [2.75, 3.05) is 0 Å². The van der Waals surface area contributed by atoms with Gasteiger partial charge in [-0.3, -0.25) is 14.3 Å². The Hall–Kier alpha value is -0.703. The van der Waals surface area contributed by atoms with E-state index in [9.17, 15) is 9.59 Å². The SMILES string of the molecule is CC[C@H]1O[C@@H](n2cc(Br)c(=O)[nH]c2=O)[C@@H](O[Si](C)(C)C(C)(C)C)C1C. The summed E-state index contributed by atoms with van der Waals surface area (Å²) in [6, 6.07) is 0. The van der Waals surface area contributed by atoms with Gasteiger partial charge in [-0.25, -0.2) is 4.79 Å². The van der Waals surface area contributed by atoms with Crippen LogP contribution < -0.4 is 11.2 Å². The van der Waals surface area contributed by atoms with E-state index < -0.39 is 25.8 Å². The minimum Gasteiger partial charge on any atom is -0.409 e. The molecule has 1 aliphatic rings. The van der Waals surface area contributed by atoms with Crippen LogP contribution in [0.5, 0.6) is 0 Å². The summed E-state index contributed by atoms with van der Waals surface area (Å²) < 4.78 is 14.6. The Labute approximate surface area is 158 Å². The van der Waals surface area contributed by atoms with Gasteiger partial charge in [-0.2, -0.15) is 0 Å². The number of hydrogen-bond donors (Lipinski definition) is 1. The fourth-order valence-corrected chi connectivity index (χ4v) is 4.56. The van der Waals surface area contributed by atoms with Crippen molar-refractivity contribution in [1.29, 1.82) is 0 Å². The van der Waals surface area contributed by atoms with Crippen LogP contribution in [-0.2, 0) is 9.16 Å². The Balaban J connectivity index is 2.46. The minimum absolute atomic E-state index is 0.0115. The van der Waals surface area contributed by atoms with Crippen LogP contribution >= 0.6 is 15.9 Å². The molecule has 0 radical (unpaired) electrons. The predicted molar refractivity (Wildman–Crippen MR) is 104 cm³/mol. The zero-order valence-electron chi connectivity index (χ0n) is 16.1. The molecule has 0 aromatic carbocycles. The van der Waals surface area contributed by atoms with Crippen LogP contribution in [0.2, 0.25) is 18.1 Å². The highest BCUT2D eigenvalue weighted by molar-refractivity contribution is 9.10. The van der Waals surface area contributed by atoms with Crippen LogP contribution in [0.1, 0.15) is 47.3 Å². The molecular formula is C17H29BrN2O4Si. The monoisotopic (exact) mass is 432 g/mol. The minimum atomic E-state index is -2.05. The molecule has 25 heavy (non-hydrogen) atoms. The summed E-state index contributed by atoms with van der Waals surface area (Å²) in [4.78, 5) is 26.3. The Bertz CT molecular complexity index is 737. The third kappa shape index (κ3) is 4.02. The summed E-state index contributed by atoms with van der Waals surface area (Å²) in [5.41, 5.74) is -0.924. The summed E-state index contributed by atoms with van der Waals surface area (Å²) >= 11 is 3.20. The fourth-order valence-electron chi connectivity index (χ4n) is 2.88. The van der Waals surface area contributed by atoms with Crippen molar-refractivity contribution in [2.45, 2.75) is 77.6 Å². The molecule has 0 amide bonds. The Morgan fingerprint density at radius 3 is 2.48 bits per heavy atom. The summed E-state index contributed by atoms with van der Waals surface area (Å²) in [5, 5.41) is 0.0537. The maximum atomic E-state index is 12.4. The number of nitrogens with zero attached hydrogens (tertiary/aromatic N) is 1. The second-order valence-electron chi connectivity index (χ2n) is 8.32. The molecule has 1 aliphatic heterocycles. The molecule has 1 fully saturated rings. The van der Waals surface area contributed by atoms with Gasteiger partial charge in [0.25, 0.3) is 5.56 Å². The van der Waals surface area contributed by atoms with Gasteiger partial charge < -0.3 is 9.16 Å². The van der Waals surface area contributed by atoms with Gasteiger partial charge in [0.1, 0.15) is 0 Å². The number of ether oxygens (including phenoxy) is 1. The van der Waals surface area contributed by atoms with E-state index in [0.717, 1.165) is 6.42 Å². The smallest absolute Gasteiger partial charge is 0.330 e. The molecule has 0 saturated carbocycles. The molecule has 0 aliphatic carbocycles. The Kier molecular flexibility index (Phi) is 5.88. The predicted octanol–water partition coefficient (Wildman–Crippen LogP) is 3.63. The quantitative estimate of drug-likeness (QED) is 0.736. The van der Waals surface area contributed by atoms with Gasteiger partial charge in [0, 0.05) is 12.1 Å². The van der Waals surface area contributed by atoms with Crippen LogP contribution in [0.25, 0.3) is 0 Å². The van der Waals surface area contributed by atoms with Crippen molar-refractivity contribution in [3.8, 4) is 0 Å². The van der Waals surface area contributed by atoms with E-state index >= 15 is 0 Å². The molecule has 0 spiro atoms. The van der Waals surface area contributed by atoms with E-state index in [0.29, 0.717) is 4.47 Å². The molecule has 0 bridgehead atoms. The Morgan fingerprint density at radius 2 is 1.96 bits per heavy atom. The van der Waals surface area contributed by atoms with Gasteiger partial charge in [-0.1, -0.05) is 34.6 Å². The molecule has 1 aromatic heterocycles. The van der Waals surface area contributed by atoms with Crippen LogP contribution in [-0.4, -0.2) is 30.1 Å². The van der Waals surface area contributed by atoms with E-state index in [2.05, 4.69) is 68.6 Å². The van der Waals surface area contributed by atoms with Gasteiger partial charge in [0.15, 0.2) is 14.5 Å². The van der Waals surface area contributed by atoms with Crippen molar-refractivity contribution in [2.24, 2.45) is 5.92 Å². The van der Waals surface area contributed by atoms with Crippen molar-refractivity contribution in [3.63, 3.8) is 0 Å². The summed E-state index contributed by atoms with van der Waals surface area (Å²) in [6.07, 6.45) is 1.57. The molecular weight excluding hydrogens is 404 g/mol. The summed E-state index contributed by atoms with van der Waals surface area (Å²) in [5.74, 6) is 0.154. The van der Waals surface area contributed by atoms with Crippen LogP contribution in [0.4, 0.5) is 0 Å². The normalized spacial score (nSPS) is 27.7. The van der Waals surface area contributed by atoms with Crippen molar-refractivity contribution < 1.29 is 9.16 Å². The highest BCUT2D eigenvalue weighted by Gasteiger charge is 2.48. The van der Waals surface area contributed by atoms with E-state index in [4.69, 9.17) is 9.16 Å². The summed E-state index contributed by atoms with van der Waals surface area (Å²) in [7, 11) is -2.05. The molecule has 1 saturated heterocycles. The van der Waals surface area contributed by atoms with Gasteiger partial charge in [-0.15, -0.1) is 0 Å². The molecule has 8 heteroatoms. The second kappa shape index (κ2) is 7.13. The highest BCUT2D eigenvalue weighted by atomic mass is 79.9. The first-order chi connectivity index (χ1) is 11.4. The molecule has 2 rings (SSSR count). The first-order valence-electron chi connectivity index (χ1n) is 8.73. The molecule has 6 nitrogen and oxygen atoms in total. The topological polar surface area (TPSA) is 73.3 Å². The lowest BCUT2D eigenvalue weighted by Crippen LogP contribution is -2.48. The molecule has 1 aromatic rings. The third-order valence-corrected chi connectivity index (χ3v) is 10.6. The maximum absolute atomic E-state index is 12.4. The molecule has 2 heterocycles. The number of hydrogen-bond acceptors (Lipinski definition) is 4. The first kappa shape index (κ1) is 20.6. The summed E-state index contributed by atoms with van der Waals surface area (Å²) in [6.45, 7) is 15.1. The average Bonchev–Trinajstić information content (AvgIpc) is 2.78. The van der Waals surface area contributed by atoms with Crippen LogP contribution in [0.3, 0.4) is 0 Å². The zero-order valence-corrected chi connectivity index (χ0v) is 18.6. The van der Waals surface area contributed by atoms with Gasteiger partial charge >= 0.3 is 5.69 Å². The van der Waals surface area contributed by atoms with E-state index in [1.807, 2.05) is 0 Å². The maximum Gasteiger partial charge on any atom is 0.330 e. The van der Waals surface area contributed by atoms with E-state index in [1.165, 1.54) is 10.8 Å². The second-order valence-corrected chi connectivity index (χ2v) is 13.9. The molecule has 142 valence electrons. The number of halogens is 1. The van der Waals surface area contributed by atoms with Crippen molar-refractivity contribution >= 4 is 24.2 Å². The number of aromatic amines is 1. The lowest BCUT2D eigenvalue weighted by atomic mass is 9.99. The zero-order chi connectivity index (χ0) is 19.2. The van der Waals surface area contributed by atoms with Crippen molar-refractivity contribution in [3.05, 3.63) is 31.5 Å². The molecule has 4 atom stereocenters. The van der Waals surface area contributed by atoms with Gasteiger partial charge in [0.2, 0.25) is 0 Å². The number of aromatic nitrogens is 2. The Morgan fingerprint density at radius 1 is 1.36 bits per heavy atom.